The summed E-state index contributed by atoms with van der Waals surface area (Å²) in [7, 11) is 0. The molecule has 1 aromatic carbocycles. The van der Waals surface area contributed by atoms with E-state index in [-0.39, 0.29) is 0 Å². The molecule has 1 rings (SSSR count). The number of rotatable bonds is 5. The molecule has 0 fully saturated rings. The molecule has 0 spiro atoms. The summed E-state index contributed by atoms with van der Waals surface area (Å²) in [6.07, 6.45) is 0. The summed E-state index contributed by atoms with van der Waals surface area (Å²) in [5, 5.41) is 0. The smallest absolute Gasteiger partial charge is 0.0870 e. The third-order valence-electron chi connectivity index (χ3n) is 2.39. The van der Waals surface area contributed by atoms with Gasteiger partial charge in [0.15, 0.2) is 0 Å². The van der Waals surface area contributed by atoms with Crippen molar-refractivity contribution in [3.05, 3.63) is 33.4 Å². The van der Waals surface area contributed by atoms with Crippen molar-refractivity contribution in [3.8, 4) is 0 Å². The van der Waals surface area contributed by atoms with Crippen LogP contribution in [0.2, 0.25) is 0 Å². The van der Waals surface area contributed by atoms with E-state index < -0.39 is 0 Å². The molecular formula is C12H17IN2S. The normalized spacial score (nSPS) is 11.1. The second kappa shape index (κ2) is 6.51. The van der Waals surface area contributed by atoms with Gasteiger partial charge in [-0.3, -0.25) is 4.90 Å². The molecule has 2 nitrogen and oxygen atoms in total. The Morgan fingerprint density at radius 1 is 1.38 bits per heavy atom. The van der Waals surface area contributed by atoms with Crippen LogP contribution >= 0.6 is 34.8 Å². The molecule has 0 aliphatic carbocycles. The largest absolute Gasteiger partial charge is 0.392 e. The van der Waals surface area contributed by atoms with Gasteiger partial charge in [0.2, 0.25) is 0 Å². The number of benzene rings is 1. The van der Waals surface area contributed by atoms with Crippen molar-refractivity contribution in [2.45, 2.75) is 26.4 Å². The van der Waals surface area contributed by atoms with Gasteiger partial charge in [-0.15, -0.1) is 0 Å². The Kier molecular flexibility index (Phi) is 5.64. The summed E-state index contributed by atoms with van der Waals surface area (Å²) >= 11 is 7.27. The van der Waals surface area contributed by atoms with Crippen molar-refractivity contribution in [2.24, 2.45) is 5.73 Å². The lowest BCUT2D eigenvalue weighted by atomic mass is 10.2. The molecule has 88 valence electrons. The summed E-state index contributed by atoms with van der Waals surface area (Å²) in [6.45, 7) is 5.89. The quantitative estimate of drug-likeness (QED) is 0.656. The van der Waals surface area contributed by atoms with Crippen LogP contribution in [0.3, 0.4) is 0 Å². The molecule has 0 saturated heterocycles. The number of nitrogens with zero attached hydrogens (tertiary/aromatic N) is 1. The van der Waals surface area contributed by atoms with Crippen LogP contribution in [0.4, 0.5) is 0 Å². The van der Waals surface area contributed by atoms with E-state index >= 15 is 0 Å². The fraction of sp³-hybridized carbons (Fsp3) is 0.417. The highest BCUT2D eigenvalue weighted by Gasteiger charge is 2.10. The second-order valence-electron chi connectivity index (χ2n) is 4.09. The lowest BCUT2D eigenvalue weighted by Crippen LogP contribution is -2.37. The molecule has 0 heterocycles. The average Bonchev–Trinajstić information content (AvgIpc) is 2.19. The molecule has 0 aliphatic heterocycles. The molecule has 0 atom stereocenters. The number of hydrogen-bond donors (Lipinski definition) is 1. The lowest BCUT2D eigenvalue weighted by Gasteiger charge is -2.25. The van der Waals surface area contributed by atoms with Crippen LogP contribution < -0.4 is 5.73 Å². The van der Waals surface area contributed by atoms with Crippen LogP contribution in [0.15, 0.2) is 24.3 Å². The van der Waals surface area contributed by atoms with Crippen LogP contribution in [0, 0.1) is 3.57 Å². The van der Waals surface area contributed by atoms with Crippen molar-refractivity contribution >= 4 is 39.8 Å². The van der Waals surface area contributed by atoms with Gasteiger partial charge in [-0.05, 0) is 54.1 Å². The van der Waals surface area contributed by atoms with E-state index in [1.807, 2.05) is 0 Å². The highest BCUT2D eigenvalue weighted by molar-refractivity contribution is 14.1. The minimum Gasteiger partial charge on any atom is -0.392 e. The van der Waals surface area contributed by atoms with Gasteiger partial charge < -0.3 is 5.73 Å². The van der Waals surface area contributed by atoms with Crippen LogP contribution in [-0.4, -0.2) is 22.5 Å². The minimum absolute atomic E-state index is 0.445. The van der Waals surface area contributed by atoms with E-state index in [1.165, 1.54) is 9.13 Å². The first-order chi connectivity index (χ1) is 7.49. The molecule has 0 unspecified atom stereocenters. The minimum atomic E-state index is 0.445. The molecule has 4 heteroatoms. The van der Waals surface area contributed by atoms with Gasteiger partial charge in [0.25, 0.3) is 0 Å². The summed E-state index contributed by atoms with van der Waals surface area (Å²) < 4.78 is 1.26. The molecule has 0 saturated carbocycles. The maximum absolute atomic E-state index is 5.60. The second-order valence-corrected chi connectivity index (χ2v) is 5.86. The maximum atomic E-state index is 5.60. The molecule has 0 radical (unpaired) electrons. The van der Waals surface area contributed by atoms with Gasteiger partial charge in [0.05, 0.1) is 4.99 Å². The first kappa shape index (κ1) is 13.9. The van der Waals surface area contributed by atoms with E-state index in [2.05, 4.69) is 65.6 Å². The van der Waals surface area contributed by atoms with Crippen molar-refractivity contribution in [1.29, 1.82) is 0 Å². The van der Waals surface area contributed by atoms with Crippen LogP contribution in [0.25, 0.3) is 0 Å². The standard InChI is InChI=1S/C12H17IN2S/c1-9(2)15(8-12(14)16)7-10-3-5-11(13)6-4-10/h3-6,9H,7-8H2,1-2H3,(H2,14,16). The highest BCUT2D eigenvalue weighted by Crippen LogP contribution is 2.11. The van der Waals surface area contributed by atoms with Gasteiger partial charge in [0.1, 0.15) is 0 Å². The Labute approximate surface area is 116 Å². The van der Waals surface area contributed by atoms with Gasteiger partial charge in [-0.2, -0.15) is 0 Å². The molecule has 2 N–H and O–H groups in total. The van der Waals surface area contributed by atoms with Crippen LogP contribution in [-0.2, 0) is 6.54 Å². The molecule has 16 heavy (non-hydrogen) atoms. The van der Waals surface area contributed by atoms with Crippen molar-refractivity contribution in [1.82, 2.24) is 4.90 Å². The zero-order chi connectivity index (χ0) is 12.1. The Morgan fingerprint density at radius 2 is 1.94 bits per heavy atom. The van der Waals surface area contributed by atoms with E-state index in [0.717, 1.165) is 6.54 Å². The van der Waals surface area contributed by atoms with Crippen molar-refractivity contribution in [3.63, 3.8) is 0 Å². The van der Waals surface area contributed by atoms with E-state index in [0.29, 0.717) is 17.6 Å². The molecule has 0 bridgehead atoms. The zero-order valence-corrected chi connectivity index (χ0v) is 12.6. The summed E-state index contributed by atoms with van der Waals surface area (Å²) in [4.78, 5) is 2.82. The van der Waals surface area contributed by atoms with Gasteiger partial charge in [0, 0.05) is 22.7 Å². The number of thiocarbonyl (C=S) groups is 1. The van der Waals surface area contributed by atoms with E-state index in [4.69, 9.17) is 18.0 Å². The van der Waals surface area contributed by atoms with Crippen LogP contribution in [0.1, 0.15) is 19.4 Å². The molecule has 1 aromatic rings. The Bertz CT molecular complexity index is 349. The zero-order valence-electron chi connectivity index (χ0n) is 9.61. The van der Waals surface area contributed by atoms with Crippen molar-refractivity contribution < 1.29 is 0 Å². The fourth-order valence-electron chi connectivity index (χ4n) is 1.45. The lowest BCUT2D eigenvalue weighted by molar-refractivity contribution is 0.245. The third kappa shape index (κ3) is 4.76. The van der Waals surface area contributed by atoms with E-state index in [1.54, 1.807) is 0 Å². The molecule has 0 amide bonds. The topological polar surface area (TPSA) is 29.3 Å². The fourth-order valence-corrected chi connectivity index (χ4v) is 1.97. The molecule has 0 aromatic heterocycles. The SMILES string of the molecule is CC(C)N(CC(N)=S)Cc1ccc(I)cc1. The van der Waals surface area contributed by atoms with E-state index in [9.17, 15) is 0 Å². The number of nitrogens with two attached hydrogens (primary N) is 1. The predicted octanol–water partition coefficient (Wildman–Crippen LogP) is 2.79. The van der Waals surface area contributed by atoms with Gasteiger partial charge >= 0.3 is 0 Å². The molecule has 0 aliphatic rings. The number of halogens is 1. The maximum Gasteiger partial charge on any atom is 0.0870 e. The van der Waals surface area contributed by atoms with Crippen molar-refractivity contribution in [2.75, 3.05) is 6.54 Å². The summed E-state index contributed by atoms with van der Waals surface area (Å²) in [6, 6.07) is 8.98. The first-order valence-electron chi connectivity index (χ1n) is 5.26. The highest BCUT2D eigenvalue weighted by atomic mass is 127. The predicted molar refractivity (Wildman–Crippen MR) is 81.5 cm³/mol. The molecular weight excluding hydrogens is 331 g/mol. The Morgan fingerprint density at radius 3 is 2.38 bits per heavy atom. The average molecular weight is 348 g/mol. The Balaban J connectivity index is 2.67. The van der Waals surface area contributed by atoms with Gasteiger partial charge in [-0.1, -0.05) is 24.4 Å². The Hall–Kier alpha value is -0.200. The summed E-state index contributed by atoms with van der Waals surface area (Å²) in [5.41, 5.74) is 6.89. The summed E-state index contributed by atoms with van der Waals surface area (Å²) in [5.74, 6) is 0. The first-order valence-corrected chi connectivity index (χ1v) is 6.74. The van der Waals surface area contributed by atoms with Gasteiger partial charge in [-0.25, -0.2) is 0 Å². The third-order valence-corrected chi connectivity index (χ3v) is 3.24. The monoisotopic (exact) mass is 348 g/mol. The van der Waals surface area contributed by atoms with Crippen LogP contribution in [0.5, 0.6) is 0 Å². The number of hydrogen-bond acceptors (Lipinski definition) is 2.